The van der Waals surface area contributed by atoms with Crippen molar-refractivity contribution in [1.29, 1.82) is 0 Å². The molecule has 0 N–H and O–H groups in total. The van der Waals surface area contributed by atoms with Crippen LogP contribution in [-0.4, -0.2) is 34.6 Å². The molecule has 2 aromatic rings. The van der Waals surface area contributed by atoms with Crippen molar-refractivity contribution in [2.45, 2.75) is 12.8 Å². The lowest BCUT2D eigenvalue weighted by Crippen LogP contribution is -2.27. The molecule has 0 saturated carbocycles. The molecule has 1 aliphatic heterocycles. The first-order chi connectivity index (χ1) is 9.78. The molecule has 2 heterocycles. The molecule has 0 radical (unpaired) electrons. The summed E-state index contributed by atoms with van der Waals surface area (Å²) in [5.74, 6) is 1.47. The molecule has 0 aliphatic carbocycles. The lowest BCUT2D eigenvalue weighted by Gasteiger charge is -2.16. The Hall–Kier alpha value is -1.55. The topological polar surface area (TPSA) is 33.2 Å². The smallest absolute Gasteiger partial charge is 0.222 e. The van der Waals surface area contributed by atoms with E-state index in [1.807, 2.05) is 29.3 Å². The summed E-state index contributed by atoms with van der Waals surface area (Å²) >= 11 is 4.30. The summed E-state index contributed by atoms with van der Waals surface area (Å²) in [7, 11) is 0. The van der Waals surface area contributed by atoms with Gasteiger partial charge in [0, 0.05) is 31.1 Å². The highest BCUT2D eigenvalue weighted by Crippen LogP contribution is 2.21. The second-order valence-corrected chi connectivity index (χ2v) is 5.69. The second-order valence-electron chi connectivity index (χ2n) is 5.33. The summed E-state index contributed by atoms with van der Waals surface area (Å²) in [4.78, 5) is 18.2. The van der Waals surface area contributed by atoms with Crippen molar-refractivity contribution in [2.75, 3.05) is 18.8 Å². The van der Waals surface area contributed by atoms with E-state index in [9.17, 15) is 4.79 Å². The third-order valence-electron chi connectivity index (χ3n) is 3.94. The normalized spacial score (nSPS) is 18.9. The number of hydrogen-bond donors (Lipinski definition) is 1. The first kappa shape index (κ1) is 13.4. The van der Waals surface area contributed by atoms with E-state index in [1.165, 1.54) is 10.9 Å². The predicted molar refractivity (Wildman–Crippen MR) is 84.0 cm³/mol. The highest BCUT2D eigenvalue weighted by atomic mass is 32.1. The van der Waals surface area contributed by atoms with Crippen molar-refractivity contribution in [2.24, 2.45) is 5.92 Å². The van der Waals surface area contributed by atoms with Gasteiger partial charge in [-0.15, -0.1) is 0 Å². The fourth-order valence-electron chi connectivity index (χ4n) is 2.83. The summed E-state index contributed by atoms with van der Waals surface area (Å²) < 4.78 is 0. The number of likely N-dealkylation sites (tertiary alicyclic amines) is 1. The molecule has 3 rings (SSSR count). The number of carbonyl (C=O) groups is 1. The maximum absolute atomic E-state index is 11.9. The summed E-state index contributed by atoms with van der Waals surface area (Å²) in [6, 6.07) is 10.2. The SMILES string of the molecule is O=C1CC(CS)CN1CCc1cccc2ncccc12. The molecule has 1 amide bonds. The van der Waals surface area contributed by atoms with E-state index in [1.54, 1.807) is 0 Å². The maximum Gasteiger partial charge on any atom is 0.222 e. The van der Waals surface area contributed by atoms with Crippen LogP contribution in [0.2, 0.25) is 0 Å². The predicted octanol–water partition coefficient (Wildman–Crippen LogP) is 2.56. The summed E-state index contributed by atoms with van der Waals surface area (Å²) in [5, 5.41) is 1.19. The van der Waals surface area contributed by atoms with Crippen molar-refractivity contribution >= 4 is 29.4 Å². The second kappa shape index (κ2) is 5.83. The first-order valence-corrected chi connectivity index (χ1v) is 7.62. The lowest BCUT2D eigenvalue weighted by atomic mass is 10.1. The largest absolute Gasteiger partial charge is 0.342 e. The van der Waals surface area contributed by atoms with Gasteiger partial charge >= 0.3 is 0 Å². The van der Waals surface area contributed by atoms with Crippen LogP contribution in [0.25, 0.3) is 10.9 Å². The third-order valence-corrected chi connectivity index (χ3v) is 4.46. The van der Waals surface area contributed by atoms with Crippen molar-refractivity contribution in [3.05, 3.63) is 42.1 Å². The van der Waals surface area contributed by atoms with Gasteiger partial charge in [0.05, 0.1) is 5.52 Å². The van der Waals surface area contributed by atoms with Gasteiger partial charge in [-0.2, -0.15) is 12.6 Å². The Morgan fingerprint density at radius 1 is 1.30 bits per heavy atom. The molecule has 20 heavy (non-hydrogen) atoms. The Morgan fingerprint density at radius 2 is 2.20 bits per heavy atom. The van der Waals surface area contributed by atoms with Crippen LogP contribution in [0.5, 0.6) is 0 Å². The van der Waals surface area contributed by atoms with Crippen LogP contribution in [0.1, 0.15) is 12.0 Å². The highest BCUT2D eigenvalue weighted by molar-refractivity contribution is 7.80. The molecule has 4 heteroatoms. The van der Waals surface area contributed by atoms with Gasteiger partial charge in [-0.25, -0.2) is 0 Å². The number of benzene rings is 1. The molecule has 1 aliphatic rings. The van der Waals surface area contributed by atoms with E-state index in [2.05, 4.69) is 29.7 Å². The number of thiol groups is 1. The molecule has 1 aromatic heterocycles. The monoisotopic (exact) mass is 286 g/mol. The van der Waals surface area contributed by atoms with Gasteiger partial charge in [-0.3, -0.25) is 9.78 Å². The van der Waals surface area contributed by atoms with Crippen molar-refractivity contribution in [1.82, 2.24) is 9.88 Å². The number of hydrogen-bond acceptors (Lipinski definition) is 3. The minimum atomic E-state index is 0.266. The number of rotatable bonds is 4. The third kappa shape index (κ3) is 2.66. The molecule has 104 valence electrons. The van der Waals surface area contributed by atoms with Crippen LogP contribution in [-0.2, 0) is 11.2 Å². The van der Waals surface area contributed by atoms with Crippen LogP contribution in [0.4, 0.5) is 0 Å². The number of pyridine rings is 1. The fraction of sp³-hybridized carbons (Fsp3) is 0.375. The molecular weight excluding hydrogens is 268 g/mol. The highest BCUT2D eigenvalue weighted by Gasteiger charge is 2.28. The molecule has 0 spiro atoms. The van der Waals surface area contributed by atoms with Crippen LogP contribution in [0.15, 0.2) is 36.5 Å². The van der Waals surface area contributed by atoms with Gasteiger partial charge in [-0.05, 0) is 35.8 Å². The minimum Gasteiger partial charge on any atom is -0.342 e. The summed E-state index contributed by atoms with van der Waals surface area (Å²) in [6.45, 7) is 1.64. The Kier molecular flexibility index (Phi) is 3.92. The van der Waals surface area contributed by atoms with Crippen LogP contribution in [0, 0.1) is 5.92 Å². The van der Waals surface area contributed by atoms with Gasteiger partial charge in [0.1, 0.15) is 0 Å². The fourth-order valence-corrected chi connectivity index (χ4v) is 3.08. The summed E-state index contributed by atoms with van der Waals surface area (Å²) in [5.41, 5.74) is 2.28. The number of carbonyl (C=O) groups excluding carboxylic acids is 1. The van der Waals surface area contributed by atoms with E-state index in [0.717, 1.165) is 30.8 Å². The molecule has 1 unspecified atom stereocenters. The Morgan fingerprint density at radius 3 is 3.00 bits per heavy atom. The zero-order chi connectivity index (χ0) is 13.9. The first-order valence-electron chi connectivity index (χ1n) is 6.99. The Bertz CT molecular complexity index is 623. The number of aromatic nitrogens is 1. The van der Waals surface area contributed by atoms with Crippen molar-refractivity contribution in [3.63, 3.8) is 0 Å². The van der Waals surface area contributed by atoms with Crippen LogP contribution >= 0.6 is 12.6 Å². The standard InChI is InChI=1S/C16H18N2OS/c19-16-9-12(11-20)10-18(16)8-6-13-3-1-5-15-14(13)4-2-7-17-15/h1-5,7,12,20H,6,8-11H2. The number of amides is 1. The maximum atomic E-state index is 11.9. The molecule has 1 saturated heterocycles. The zero-order valence-corrected chi connectivity index (χ0v) is 12.2. The van der Waals surface area contributed by atoms with Gasteiger partial charge in [0.2, 0.25) is 5.91 Å². The average Bonchev–Trinajstić information content (AvgIpc) is 2.85. The van der Waals surface area contributed by atoms with E-state index < -0.39 is 0 Å². The number of fused-ring (bicyclic) bond motifs is 1. The number of nitrogens with zero attached hydrogens (tertiary/aromatic N) is 2. The summed E-state index contributed by atoms with van der Waals surface area (Å²) in [6.07, 6.45) is 3.35. The molecule has 3 nitrogen and oxygen atoms in total. The molecule has 1 fully saturated rings. The quantitative estimate of drug-likeness (QED) is 0.876. The van der Waals surface area contributed by atoms with Gasteiger partial charge in [0.25, 0.3) is 0 Å². The minimum absolute atomic E-state index is 0.266. The molecule has 0 bridgehead atoms. The van der Waals surface area contributed by atoms with Crippen LogP contribution < -0.4 is 0 Å². The van der Waals surface area contributed by atoms with Crippen LogP contribution in [0.3, 0.4) is 0 Å². The average molecular weight is 286 g/mol. The Labute approximate surface area is 124 Å². The van der Waals surface area contributed by atoms with E-state index in [-0.39, 0.29) is 5.91 Å². The van der Waals surface area contributed by atoms with Crippen molar-refractivity contribution in [3.8, 4) is 0 Å². The molecule has 1 atom stereocenters. The van der Waals surface area contributed by atoms with E-state index in [0.29, 0.717) is 12.3 Å². The Balaban J connectivity index is 1.73. The van der Waals surface area contributed by atoms with Gasteiger partial charge in [0.15, 0.2) is 0 Å². The van der Waals surface area contributed by atoms with Gasteiger partial charge in [-0.1, -0.05) is 18.2 Å². The van der Waals surface area contributed by atoms with E-state index in [4.69, 9.17) is 0 Å². The molecule has 1 aromatic carbocycles. The zero-order valence-electron chi connectivity index (χ0n) is 11.3. The van der Waals surface area contributed by atoms with Crippen molar-refractivity contribution < 1.29 is 4.79 Å². The van der Waals surface area contributed by atoms with Gasteiger partial charge < -0.3 is 4.90 Å². The molecular formula is C16H18N2OS. The van der Waals surface area contributed by atoms with E-state index >= 15 is 0 Å². The lowest BCUT2D eigenvalue weighted by molar-refractivity contribution is -0.127.